The van der Waals surface area contributed by atoms with Gasteiger partial charge in [0.1, 0.15) is 17.5 Å². The van der Waals surface area contributed by atoms with Crippen LogP contribution >= 0.6 is 12.2 Å². The molecule has 0 saturated carbocycles. The van der Waals surface area contributed by atoms with E-state index in [1.165, 1.54) is 0 Å². The topological polar surface area (TPSA) is 79.6 Å². The van der Waals surface area contributed by atoms with Crippen LogP contribution in [0.1, 0.15) is 39.4 Å². The highest BCUT2D eigenvalue weighted by atomic mass is 32.1. The van der Waals surface area contributed by atoms with Crippen LogP contribution in [-0.2, 0) is 0 Å². The Morgan fingerprint density at radius 3 is 2.48 bits per heavy atom. The van der Waals surface area contributed by atoms with E-state index < -0.39 is 5.97 Å². The summed E-state index contributed by atoms with van der Waals surface area (Å²) in [5, 5.41) is 13.6. The van der Waals surface area contributed by atoms with Crippen LogP contribution in [0.25, 0.3) is 5.69 Å². The maximum absolute atomic E-state index is 11.7. The van der Waals surface area contributed by atoms with E-state index in [1.54, 1.807) is 24.4 Å². The molecule has 0 radical (unpaired) electrons. The maximum atomic E-state index is 11.7. The summed E-state index contributed by atoms with van der Waals surface area (Å²) in [6.07, 6.45) is 3.71. The lowest BCUT2D eigenvalue weighted by Gasteiger charge is -2.29. The fourth-order valence-corrected chi connectivity index (χ4v) is 5.41. The molecule has 0 bridgehead atoms. The average Bonchev–Trinajstić information content (AvgIpc) is 3.60. The summed E-state index contributed by atoms with van der Waals surface area (Å²) in [6, 6.07) is 32.0. The van der Waals surface area contributed by atoms with Crippen LogP contribution in [0.4, 0.5) is 5.69 Å². The standard InChI is InChI=1S/C32H26N4O3S/c1-21-8-2-3-13-28(21)39-25-16-14-23(15-17-25)36-30(29(34-32(36)40)26-11-4-5-18-33-26)27-12-7-19-35(27)24-10-6-9-22(20-24)31(37)38/h2-20,29-30H,1H3,(H,34,40)(H,37,38). The molecule has 1 aliphatic rings. The molecule has 8 heteroatoms. The summed E-state index contributed by atoms with van der Waals surface area (Å²) >= 11 is 5.89. The van der Waals surface area contributed by atoms with Gasteiger partial charge < -0.3 is 24.6 Å². The van der Waals surface area contributed by atoms with Crippen molar-refractivity contribution in [3.63, 3.8) is 0 Å². The van der Waals surface area contributed by atoms with Gasteiger partial charge in [0.15, 0.2) is 5.11 Å². The normalized spacial score (nSPS) is 16.5. The number of hydrogen-bond donors (Lipinski definition) is 2. The highest BCUT2D eigenvalue weighted by molar-refractivity contribution is 7.80. The van der Waals surface area contributed by atoms with Gasteiger partial charge in [0.25, 0.3) is 0 Å². The number of carbonyl (C=O) groups is 1. The molecule has 1 saturated heterocycles. The monoisotopic (exact) mass is 546 g/mol. The van der Waals surface area contributed by atoms with Gasteiger partial charge in [0.2, 0.25) is 0 Å². The Morgan fingerprint density at radius 2 is 1.73 bits per heavy atom. The minimum absolute atomic E-state index is 0.222. The van der Waals surface area contributed by atoms with Gasteiger partial charge in [-0.25, -0.2) is 4.79 Å². The number of para-hydroxylation sites is 1. The Kier molecular flexibility index (Phi) is 6.76. The van der Waals surface area contributed by atoms with Crippen LogP contribution in [0, 0.1) is 6.92 Å². The molecule has 0 spiro atoms. The molecular formula is C32H26N4O3S. The number of carboxylic acid groups (broad SMARTS) is 1. The van der Waals surface area contributed by atoms with Gasteiger partial charge in [0.05, 0.1) is 17.3 Å². The molecule has 3 heterocycles. The van der Waals surface area contributed by atoms with Crippen molar-refractivity contribution in [2.75, 3.05) is 4.90 Å². The minimum Gasteiger partial charge on any atom is -0.478 e. The van der Waals surface area contributed by atoms with Crippen molar-refractivity contribution in [3.8, 4) is 17.2 Å². The van der Waals surface area contributed by atoms with Gasteiger partial charge >= 0.3 is 5.97 Å². The van der Waals surface area contributed by atoms with Crippen LogP contribution in [-0.4, -0.2) is 25.7 Å². The van der Waals surface area contributed by atoms with Crippen molar-refractivity contribution in [2.24, 2.45) is 0 Å². The third kappa shape index (κ3) is 4.81. The van der Waals surface area contributed by atoms with Gasteiger partial charge in [0, 0.05) is 29.5 Å². The summed E-state index contributed by atoms with van der Waals surface area (Å²) in [7, 11) is 0. The molecule has 2 N–H and O–H groups in total. The number of aromatic carboxylic acids is 1. The van der Waals surface area contributed by atoms with Crippen molar-refractivity contribution in [1.82, 2.24) is 14.9 Å². The fraction of sp³-hybridized carbons (Fsp3) is 0.0938. The molecule has 0 amide bonds. The van der Waals surface area contributed by atoms with E-state index >= 15 is 0 Å². The van der Waals surface area contributed by atoms with Crippen molar-refractivity contribution < 1.29 is 14.6 Å². The van der Waals surface area contributed by atoms with Crippen LogP contribution in [0.15, 0.2) is 116 Å². The van der Waals surface area contributed by atoms with Gasteiger partial charge in [-0.1, -0.05) is 30.3 Å². The van der Waals surface area contributed by atoms with E-state index in [-0.39, 0.29) is 17.6 Å². The zero-order chi connectivity index (χ0) is 27.6. The number of rotatable bonds is 7. The van der Waals surface area contributed by atoms with Crippen LogP contribution < -0.4 is 15.0 Å². The number of hydrogen-bond acceptors (Lipinski definition) is 4. The summed E-state index contributed by atoms with van der Waals surface area (Å²) < 4.78 is 8.13. The Balaban J connectivity index is 1.41. The van der Waals surface area contributed by atoms with Gasteiger partial charge in [-0.2, -0.15) is 0 Å². The first kappa shape index (κ1) is 25.3. The van der Waals surface area contributed by atoms with Crippen molar-refractivity contribution in [1.29, 1.82) is 0 Å². The Morgan fingerprint density at radius 1 is 0.925 bits per heavy atom. The number of pyridine rings is 1. The molecule has 1 aliphatic heterocycles. The molecule has 0 aliphatic carbocycles. The predicted octanol–water partition coefficient (Wildman–Crippen LogP) is 6.85. The van der Waals surface area contributed by atoms with Crippen molar-refractivity contribution >= 4 is 29.0 Å². The molecule has 5 aromatic rings. The summed E-state index contributed by atoms with van der Waals surface area (Å²) in [5.74, 6) is 0.561. The second-order valence-electron chi connectivity index (χ2n) is 9.52. The summed E-state index contributed by atoms with van der Waals surface area (Å²) in [4.78, 5) is 18.4. The first-order valence-electron chi connectivity index (χ1n) is 12.8. The molecule has 2 aromatic heterocycles. The number of ether oxygens (including phenoxy) is 1. The molecule has 6 rings (SSSR count). The van der Waals surface area contributed by atoms with E-state index in [4.69, 9.17) is 17.0 Å². The maximum Gasteiger partial charge on any atom is 0.335 e. The quantitative estimate of drug-likeness (QED) is 0.216. The molecule has 7 nitrogen and oxygen atoms in total. The van der Waals surface area contributed by atoms with Gasteiger partial charge in [-0.3, -0.25) is 4.98 Å². The SMILES string of the molecule is Cc1ccccc1Oc1ccc(N2C(=S)NC(c3ccccn3)C2c2cccn2-c2cccc(C(=O)O)c2)cc1. The molecule has 3 aromatic carbocycles. The zero-order valence-electron chi connectivity index (χ0n) is 21.6. The molecular weight excluding hydrogens is 520 g/mol. The first-order chi connectivity index (χ1) is 19.5. The Hall–Kier alpha value is -4.95. The highest BCUT2D eigenvalue weighted by Gasteiger charge is 2.42. The number of nitrogens with zero attached hydrogens (tertiary/aromatic N) is 3. The third-order valence-electron chi connectivity index (χ3n) is 6.99. The smallest absolute Gasteiger partial charge is 0.335 e. The number of benzene rings is 3. The summed E-state index contributed by atoms with van der Waals surface area (Å²) in [6.45, 7) is 2.02. The predicted molar refractivity (Wildman–Crippen MR) is 158 cm³/mol. The lowest BCUT2D eigenvalue weighted by molar-refractivity contribution is 0.0697. The van der Waals surface area contributed by atoms with E-state index in [0.717, 1.165) is 39.8 Å². The molecule has 2 atom stereocenters. The van der Waals surface area contributed by atoms with Gasteiger partial charge in [-0.15, -0.1) is 0 Å². The number of anilines is 1. The molecule has 2 unspecified atom stereocenters. The Labute approximate surface area is 237 Å². The van der Waals surface area contributed by atoms with Crippen molar-refractivity contribution in [2.45, 2.75) is 19.0 Å². The second-order valence-corrected chi connectivity index (χ2v) is 9.90. The number of carboxylic acids is 1. The number of nitrogens with one attached hydrogen (secondary N) is 1. The average molecular weight is 547 g/mol. The van der Waals surface area contributed by atoms with Gasteiger partial charge in [-0.05, 0) is 97.5 Å². The van der Waals surface area contributed by atoms with E-state index in [9.17, 15) is 9.90 Å². The van der Waals surface area contributed by atoms with Crippen LogP contribution in [0.3, 0.4) is 0 Å². The molecule has 40 heavy (non-hydrogen) atoms. The first-order valence-corrected chi connectivity index (χ1v) is 13.3. The number of aromatic nitrogens is 2. The number of aryl methyl sites for hydroxylation is 1. The third-order valence-corrected chi connectivity index (χ3v) is 7.30. The molecule has 1 fully saturated rings. The highest BCUT2D eigenvalue weighted by Crippen LogP contribution is 2.42. The fourth-order valence-electron chi connectivity index (χ4n) is 5.07. The lowest BCUT2D eigenvalue weighted by Crippen LogP contribution is -2.30. The molecule has 198 valence electrons. The zero-order valence-corrected chi connectivity index (χ0v) is 22.5. The second kappa shape index (κ2) is 10.7. The van der Waals surface area contributed by atoms with Crippen LogP contribution in [0.5, 0.6) is 11.5 Å². The van der Waals surface area contributed by atoms with Crippen molar-refractivity contribution in [3.05, 3.63) is 138 Å². The van der Waals surface area contributed by atoms with E-state index in [0.29, 0.717) is 5.11 Å². The summed E-state index contributed by atoms with van der Waals surface area (Å²) in [5.41, 5.74) is 4.71. The van der Waals surface area contributed by atoms with Crippen LogP contribution in [0.2, 0.25) is 0 Å². The van der Waals surface area contributed by atoms with E-state index in [1.807, 2.05) is 103 Å². The lowest BCUT2D eigenvalue weighted by atomic mass is 10.0. The minimum atomic E-state index is -0.972. The van der Waals surface area contributed by atoms with E-state index in [2.05, 4.69) is 15.2 Å². The number of thiocarbonyl (C=S) groups is 1. The largest absolute Gasteiger partial charge is 0.478 e. The Bertz CT molecular complexity index is 1680.